The number of imidazole rings is 1. The number of aromatic amines is 1. The fraction of sp³-hybridized carbons (Fsp3) is 0.429. The number of carbonyl (C=O) groups excluding carboxylic acids is 1. The molecule has 1 N–H and O–H groups in total. The van der Waals surface area contributed by atoms with E-state index in [-0.39, 0.29) is 17.9 Å². The Balaban J connectivity index is 1.79. The van der Waals surface area contributed by atoms with Crippen molar-refractivity contribution in [2.75, 3.05) is 6.54 Å². The lowest BCUT2D eigenvalue weighted by Crippen LogP contribution is -2.31. The van der Waals surface area contributed by atoms with Gasteiger partial charge in [-0.05, 0) is 25.3 Å². The quantitative estimate of drug-likeness (QED) is 0.936. The first-order valence-corrected chi connectivity index (χ1v) is 7.46. The molecule has 5 heteroatoms. The van der Waals surface area contributed by atoms with Crippen LogP contribution in [-0.4, -0.2) is 33.4 Å². The van der Waals surface area contributed by atoms with Gasteiger partial charge < -0.3 is 9.88 Å². The predicted octanol–water partition coefficient (Wildman–Crippen LogP) is 2.86. The van der Waals surface area contributed by atoms with Gasteiger partial charge in [-0.1, -0.05) is 0 Å². The van der Waals surface area contributed by atoms with Gasteiger partial charge in [0.1, 0.15) is 5.82 Å². The number of aromatic nitrogens is 2. The van der Waals surface area contributed by atoms with Crippen LogP contribution in [0.5, 0.6) is 0 Å². The molecule has 100 valence electrons. The minimum absolute atomic E-state index is 0.197. The number of nitrogens with zero attached hydrogens (tertiary/aromatic N) is 2. The zero-order chi connectivity index (χ0) is 13.4. The zero-order valence-corrected chi connectivity index (χ0v) is 11.9. The van der Waals surface area contributed by atoms with Crippen LogP contribution >= 0.6 is 11.3 Å². The highest BCUT2D eigenvalue weighted by Gasteiger charge is 2.33. The van der Waals surface area contributed by atoms with Crippen LogP contribution < -0.4 is 0 Å². The van der Waals surface area contributed by atoms with Crippen molar-refractivity contribution >= 4 is 17.2 Å². The summed E-state index contributed by atoms with van der Waals surface area (Å²) in [6, 6.07) is 2.34. The molecule has 0 bridgehead atoms. The van der Waals surface area contributed by atoms with Gasteiger partial charge in [0.05, 0.1) is 11.9 Å². The van der Waals surface area contributed by atoms with Crippen LogP contribution in [0.25, 0.3) is 11.3 Å². The van der Waals surface area contributed by atoms with Gasteiger partial charge in [-0.2, -0.15) is 11.3 Å². The number of hydrogen-bond acceptors (Lipinski definition) is 3. The molecule has 1 aliphatic heterocycles. The van der Waals surface area contributed by atoms with E-state index in [9.17, 15) is 4.79 Å². The molecule has 3 heterocycles. The first-order valence-electron chi connectivity index (χ1n) is 6.52. The number of amides is 1. The fourth-order valence-electron chi connectivity index (χ4n) is 2.52. The van der Waals surface area contributed by atoms with Gasteiger partial charge >= 0.3 is 0 Å². The number of thiophene rings is 1. The molecule has 1 aliphatic rings. The SMILES string of the molecule is CC(C)N1C[C@H](c2ncc(-c3ccsc3)[nH]2)CC1=O. The summed E-state index contributed by atoms with van der Waals surface area (Å²) in [7, 11) is 0. The van der Waals surface area contributed by atoms with Gasteiger partial charge in [0.2, 0.25) is 5.91 Å². The summed E-state index contributed by atoms with van der Waals surface area (Å²) < 4.78 is 0. The number of likely N-dealkylation sites (tertiary alicyclic amines) is 1. The molecule has 1 atom stereocenters. The summed E-state index contributed by atoms with van der Waals surface area (Å²) in [4.78, 5) is 21.7. The number of H-pyrrole nitrogens is 1. The Hall–Kier alpha value is -1.62. The van der Waals surface area contributed by atoms with E-state index in [0.717, 1.165) is 23.6 Å². The van der Waals surface area contributed by atoms with Gasteiger partial charge in [-0.15, -0.1) is 0 Å². The van der Waals surface area contributed by atoms with Crippen LogP contribution in [0.3, 0.4) is 0 Å². The average molecular weight is 275 g/mol. The van der Waals surface area contributed by atoms with E-state index in [1.54, 1.807) is 11.3 Å². The Morgan fingerprint density at radius 1 is 1.53 bits per heavy atom. The molecule has 0 radical (unpaired) electrons. The lowest BCUT2D eigenvalue weighted by atomic mass is 10.1. The molecule has 0 spiro atoms. The molecule has 0 saturated carbocycles. The lowest BCUT2D eigenvalue weighted by molar-refractivity contribution is -0.129. The van der Waals surface area contributed by atoms with Crippen molar-refractivity contribution in [2.24, 2.45) is 0 Å². The van der Waals surface area contributed by atoms with Gasteiger partial charge in [-0.25, -0.2) is 4.98 Å². The molecular formula is C14H17N3OS. The van der Waals surface area contributed by atoms with E-state index in [1.165, 1.54) is 0 Å². The number of hydrogen-bond donors (Lipinski definition) is 1. The van der Waals surface area contributed by atoms with Crippen molar-refractivity contribution in [1.29, 1.82) is 0 Å². The minimum atomic E-state index is 0.197. The largest absolute Gasteiger partial charge is 0.342 e. The molecule has 4 nitrogen and oxygen atoms in total. The molecule has 1 amide bonds. The summed E-state index contributed by atoms with van der Waals surface area (Å²) in [5.41, 5.74) is 2.19. The maximum atomic E-state index is 11.9. The van der Waals surface area contributed by atoms with E-state index < -0.39 is 0 Å². The summed E-state index contributed by atoms with van der Waals surface area (Å²) in [6.07, 6.45) is 2.43. The third-order valence-electron chi connectivity index (χ3n) is 3.60. The van der Waals surface area contributed by atoms with Crippen LogP contribution in [0.2, 0.25) is 0 Å². The van der Waals surface area contributed by atoms with Crippen molar-refractivity contribution in [3.63, 3.8) is 0 Å². The fourth-order valence-corrected chi connectivity index (χ4v) is 3.18. The maximum absolute atomic E-state index is 11.9. The summed E-state index contributed by atoms with van der Waals surface area (Å²) >= 11 is 1.67. The Labute approximate surface area is 116 Å². The number of nitrogens with one attached hydrogen (secondary N) is 1. The Morgan fingerprint density at radius 3 is 3.00 bits per heavy atom. The second-order valence-electron chi connectivity index (χ2n) is 5.24. The van der Waals surface area contributed by atoms with Crippen molar-refractivity contribution in [2.45, 2.75) is 32.2 Å². The van der Waals surface area contributed by atoms with Crippen LogP contribution in [0.15, 0.2) is 23.0 Å². The molecule has 1 fully saturated rings. The van der Waals surface area contributed by atoms with Crippen molar-refractivity contribution in [3.8, 4) is 11.3 Å². The molecule has 0 aromatic carbocycles. The lowest BCUT2D eigenvalue weighted by Gasteiger charge is -2.20. The zero-order valence-electron chi connectivity index (χ0n) is 11.1. The highest BCUT2D eigenvalue weighted by molar-refractivity contribution is 7.08. The topological polar surface area (TPSA) is 49.0 Å². The van der Waals surface area contributed by atoms with Crippen LogP contribution in [0.1, 0.15) is 32.0 Å². The summed E-state index contributed by atoms with van der Waals surface area (Å²) in [5, 5.41) is 4.15. The summed E-state index contributed by atoms with van der Waals surface area (Å²) in [6.45, 7) is 4.88. The maximum Gasteiger partial charge on any atom is 0.223 e. The van der Waals surface area contributed by atoms with E-state index in [2.05, 4.69) is 40.6 Å². The van der Waals surface area contributed by atoms with Gasteiger partial charge in [0.25, 0.3) is 0 Å². The molecule has 2 aromatic heterocycles. The molecular weight excluding hydrogens is 258 g/mol. The Morgan fingerprint density at radius 2 is 2.37 bits per heavy atom. The Kier molecular flexibility index (Phi) is 3.14. The first kappa shape index (κ1) is 12.4. The van der Waals surface area contributed by atoms with E-state index >= 15 is 0 Å². The highest BCUT2D eigenvalue weighted by atomic mass is 32.1. The van der Waals surface area contributed by atoms with Crippen molar-refractivity contribution in [3.05, 3.63) is 28.8 Å². The smallest absolute Gasteiger partial charge is 0.223 e. The monoisotopic (exact) mass is 275 g/mol. The van der Waals surface area contributed by atoms with Gasteiger partial charge in [0, 0.05) is 35.9 Å². The third-order valence-corrected chi connectivity index (χ3v) is 4.28. The molecule has 0 aliphatic carbocycles. The van der Waals surface area contributed by atoms with E-state index in [0.29, 0.717) is 6.42 Å². The molecule has 0 unspecified atom stereocenters. The minimum Gasteiger partial charge on any atom is -0.342 e. The second kappa shape index (κ2) is 4.81. The van der Waals surface area contributed by atoms with E-state index in [4.69, 9.17) is 0 Å². The van der Waals surface area contributed by atoms with Crippen LogP contribution in [-0.2, 0) is 4.79 Å². The Bertz CT molecular complexity index is 573. The first-order chi connectivity index (χ1) is 9.15. The van der Waals surface area contributed by atoms with Crippen LogP contribution in [0, 0.1) is 0 Å². The van der Waals surface area contributed by atoms with Crippen LogP contribution in [0.4, 0.5) is 0 Å². The predicted molar refractivity (Wildman–Crippen MR) is 76.1 cm³/mol. The molecule has 2 aromatic rings. The normalized spacial score (nSPS) is 19.6. The van der Waals surface area contributed by atoms with Crippen molar-refractivity contribution in [1.82, 2.24) is 14.9 Å². The molecule has 3 rings (SSSR count). The second-order valence-corrected chi connectivity index (χ2v) is 6.02. The number of rotatable bonds is 3. The molecule has 1 saturated heterocycles. The number of carbonyl (C=O) groups is 1. The average Bonchev–Trinajstić information content (AvgIpc) is 3.08. The molecule has 19 heavy (non-hydrogen) atoms. The highest BCUT2D eigenvalue weighted by Crippen LogP contribution is 2.29. The van der Waals surface area contributed by atoms with Gasteiger partial charge in [0.15, 0.2) is 0 Å². The summed E-state index contributed by atoms with van der Waals surface area (Å²) in [5.74, 6) is 1.36. The van der Waals surface area contributed by atoms with Gasteiger partial charge in [-0.3, -0.25) is 4.79 Å². The van der Waals surface area contributed by atoms with Crippen molar-refractivity contribution < 1.29 is 4.79 Å². The third kappa shape index (κ3) is 2.30. The van der Waals surface area contributed by atoms with E-state index in [1.807, 2.05) is 11.1 Å². The standard InChI is InChI=1S/C14H17N3OS/c1-9(2)17-7-11(5-13(17)18)14-15-6-12(16-14)10-3-4-19-8-10/h3-4,6,8-9,11H,5,7H2,1-2H3,(H,15,16)/t11-/m1/s1.